The van der Waals surface area contributed by atoms with E-state index in [4.69, 9.17) is 9.52 Å². The topological polar surface area (TPSA) is 79.5 Å². The number of fused-ring (bicyclic) bond motifs is 2. The summed E-state index contributed by atoms with van der Waals surface area (Å²) < 4.78 is 5.02. The quantitative estimate of drug-likeness (QED) is 0.886. The molecule has 0 radical (unpaired) electrons. The van der Waals surface area contributed by atoms with Crippen molar-refractivity contribution in [2.24, 2.45) is 17.8 Å². The van der Waals surface area contributed by atoms with Crippen LogP contribution in [-0.2, 0) is 0 Å². The zero-order valence-corrected chi connectivity index (χ0v) is 11.5. The third-order valence-corrected chi connectivity index (χ3v) is 4.83. The first-order chi connectivity index (χ1) is 9.54. The van der Waals surface area contributed by atoms with E-state index in [9.17, 15) is 9.59 Å². The maximum absolute atomic E-state index is 12.1. The van der Waals surface area contributed by atoms with Crippen molar-refractivity contribution in [3.8, 4) is 0 Å². The zero-order chi connectivity index (χ0) is 14.3. The molecule has 4 atom stereocenters. The lowest BCUT2D eigenvalue weighted by Crippen LogP contribution is -2.40. The van der Waals surface area contributed by atoms with E-state index in [0.717, 1.165) is 11.8 Å². The van der Waals surface area contributed by atoms with E-state index in [2.05, 4.69) is 5.32 Å². The lowest BCUT2D eigenvalue weighted by Gasteiger charge is -2.28. The molecule has 1 aromatic heterocycles. The van der Waals surface area contributed by atoms with Crippen LogP contribution in [0.3, 0.4) is 0 Å². The molecule has 2 aliphatic rings. The van der Waals surface area contributed by atoms with Gasteiger partial charge in [-0.05, 0) is 56.1 Å². The van der Waals surface area contributed by atoms with Gasteiger partial charge >= 0.3 is 5.97 Å². The number of furan rings is 1. The fraction of sp³-hybridized carbons (Fsp3) is 0.600. The number of carboxylic acids is 1. The SMILES string of the molecule is CC(NC(=O)c1ccc(C(=O)O)o1)C1CC2CCC1C2. The summed E-state index contributed by atoms with van der Waals surface area (Å²) in [5.41, 5.74) is 0. The molecule has 0 spiro atoms. The largest absolute Gasteiger partial charge is 0.475 e. The minimum absolute atomic E-state index is 0.0670. The van der Waals surface area contributed by atoms with Gasteiger partial charge in [-0.1, -0.05) is 6.42 Å². The molecular formula is C15H19NO4. The zero-order valence-electron chi connectivity index (χ0n) is 11.5. The predicted molar refractivity (Wildman–Crippen MR) is 71.5 cm³/mol. The Morgan fingerprint density at radius 3 is 2.60 bits per heavy atom. The summed E-state index contributed by atoms with van der Waals surface area (Å²) in [5.74, 6) is 0.498. The van der Waals surface area contributed by atoms with Crippen molar-refractivity contribution in [1.29, 1.82) is 0 Å². The maximum atomic E-state index is 12.1. The first-order valence-corrected chi connectivity index (χ1v) is 7.18. The molecule has 0 aromatic carbocycles. The first-order valence-electron chi connectivity index (χ1n) is 7.18. The van der Waals surface area contributed by atoms with Crippen LogP contribution in [-0.4, -0.2) is 23.0 Å². The number of amides is 1. The molecule has 2 fully saturated rings. The summed E-state index contributed by atoms with van der Waals surface area (Å²) in [6, 6.07) is 2.82. The molecule has 4 unspecified atom stereocenters. The molecule has 2 bridgehead atoms. The normalized spacial score (nSPS) is 29.4. The van der Waals surface area contributed by atoms with E-state index in [0.29, 0.717) is 5.92 Å². The molecular weight excluding hydrogens is 258 g/mol. The van der Waals surface area contributed by atoms with Gasteiger partial charge < -0.3 is 14.8 Å². The number of carbonyl (C=O) groups is 2. The van der Waals surface area contributed by atoms with Crippen LogP contribution in [0.25, 0.3) is 0 Å². The van der Waals surface area contributed by atoms with E-state index in [1.807, 2.05) is 6.92 Å². The smallest absolute Gasteiger partial charge is 0.371 e. The van der Waals surface area contributed by atoms with Gasteiger partial charge in [-0.15, -0.1) is 0 Å². The number of hydrogen-bond donors (Lipinski definition) is 2. The van der Waals surface area contributed by atoms with Gasteiger partial charge in [0.15, 0.2) is 5.76 Å². The molecule has 0 aliphatic heterocycles. The fourth-order valence-electron chi connectivity index (χ4n) is 3.87. The van der Waals surface area contributed by atoms with Gasteiger partial charge in [0.2, 0.25) is 5.76 Å². The molecule has 2 N–H and O–H groups in total. The number of hydrogen-bond acceptors (Lipinski definition) is 3. The number of carboxylic acid groups (broad SMARTS) is 1. The lowest BCUT2D eigenvalue weighted by atomic mass is 9.84. The summed E-state index contributed by atoms with van der Waals surface area (Å²) in [6.07, 6.45) is 5.11. The summed E-state index contributed by atoms with van der Waals surface area (Å²) in [6.45, 7) is 2.03. The van der Waals surface area contributed by atoms with Gasteiger partial charge in [-0.3, -0.25) is 4.79 Å². The van der Waals surface area contributed by atoms with Crippen LogP contribution in [0.5, 0.6) is 0 Å². The number of nitrogens with one attached hydrogen (secondary N) is 1. The van der Waals surface area contributed by atoms with E-state index >= 15 is 0 Å². The second kappa shape index (κ2) is 4.96. The van der Waals surface area contributed by atoms with Crippen molar-refractivity contribution >= 4 is 11.9 Å². The molecule has 5 heteroatoms. The standard InChI is InChI=1S/C15H19NO4/c1-8(11-7-9-2-3-10(11)6-9)16-14(17)12-4-5-13(20-12)15(18)19/h4-5,8-11H,2-3,6-7H2,1H3,(H,16,17)(H,18,19). The highest BCUT2D eigenvalue weighted by Gasteiger charge is 2.42. The van der Waals surface area contributed by atoms with Crippen LogP contribution in [0, 0.1) is 17.8 Å². The molecule has 3 rings (SSSR count). The molecule has 108 valence electrons. The third-order valence-electron chi connectivity index (χ3n) is 4.83. The highest BCUT2D eigenvalue weighted by atomic mass is 16.4. The minimum atomic E-state index is -1.16. The monoisotopic (exact) mass is 277 g/mol. The average molecular weight is 277 g/mol. The number of aromatic carboxylic acids is 1. The molecule has 0 saturated heterocycles. The predicted octanol–water partition coefficient (Wildman–Crippen LogP) is 2.53. The Balaban J connectivity index is 1.62. The van der Waals surface area contributed by atoms with Crippen LogP contribution in [0.2, 0.25) is 0 Å². The Kier molecular flexibility index (Phi) is 3.28. The van der Waals surface area contributed by atoms with Crippen molar-refractivity contribution in [2.45, 2.75) is 38.6 Å². The van der Waals surface area contributed by atoms with Crippen LogP contribution in [0.15, 0.2) is 16.5 Å². The Hall–Kier alpha value is -1.78. The Labute approximate surface area is 117 Å². The lowest BCUT2D eigenvalue weighted by molar-refractivity contribution is 0.0659. The second-order valence-corrected chi connectivity index (χ2v) is 6.07. The maximum Gasteiger partial charge on any atom is 0.371 e. The Bertz CT molecular complexity index is 536. The minimum Gasteiger partial charge on any atom is -0.475 e. The summed E-state index contributed by atoms with van der Waals surface area (Å²) in [7, 11) is 0. The summed E-state index contributed by atoms with van der Waals surface area (Å²) in [5, 5.41) is 11.7. The molecule has 2 aliphatic carbocycles. The van der Waals surface area contributed by atoms with Gasteiger partial charge in [0.1, 0.15) is 0 Å². The summed E-state index contributed by atoms with van der Waals surface area (Å²) in [4.78, 5) is 22.8. The second-order valence-electron chi connectivity index (χ2n) is 6.07. The van der Waals surface area contributed by atoms with Crippen molar-refractivity contribution in [3.63, 3.8) is 0 Å². The molecule has 1 amide bonds. The van der Waals surface area contributed by atoms with Crippen molar-refractivity contribution < 1.29 is 19.1 Å². The molecule has 2 saturated carbocycles. The van der Waals surface area contributed by atoms with E-state index in [1.54, 1.807) is 0 Å². The highest BCUT2D eigenvalue weighted by molar-refractivity contribution is 5.93. The number of carbonyl (C=O) groups excluding carboxylic acids is 1. The first kappa shape index (κ1) is 13.2. The van der Waals surface area contributed by atoms with Crippen LogP contribution in [0.1, 0.15) is 53.7 Å². The van der Waals surface area contributed by atoms with E-state index < -0.39 is 5.97 Å². The average Bonchev–Trinajstić information content (AvgIpc) is 3.14. The third kappa shape index (κ3) is 2.32. The Morgan fingerprint density at radius 1 is 1.30 bits per heavy atom. The van der Waals surface area contributed by atoms with Crippen LogP contribution in [0.4, 0.5) is 0 Å². The summed E-state index contributed by atoms with van der Waals surface area (Å²) >= 11 is 0. The Morgan fingerprint density at radius 2 is 2.05 bits per heavy atom. The molecule has 1 heterocycles. The molecule has 1 aromatic rings. The van der Waals surface area contributed by atoms with Gasteiger partial charge in [0.25, 0.3) is 5.91 Å². The van der Waals surface area contributed by atoms with Crippen molar-refractivity contribution in [2.75, 3.05) is 0 Å². The van der Waals surface area contributed by atoms with Gasteiger partial charge in [-0.2, -0.15) is 0 Å². The van der Waals surface area contributed by atoms with Gasteiger partial charge in [0, 0.05) is 6.04 Å². The fourth-order valence-corrected chi connectivity index (χ4v) is 3.87. The van der Waals surface area contributed by atoms with Gasteiger partial charge in [0.05, 0.1) is 0 Å². The van der Waals surface area contributed by atoms with Gasteiger partial charge in [-0.25, -0.2) is 4.79 Å². The van der Waals surface area contributed by atoms with E-state index in [1.165, 1.54) is 37.8 Å². The number of rotatable bonds is 4. The van der Waals surface area contributed by atoms with Crippen molar-refractivity contribution in [3.05, 3.63) is 23.7 Å². The highest BCUT2D eigenvalue weighted by Crippen LogP contribution is 2.49. The molecule has 5 nitrogen and oxygen atoms in total. The van der Waals surface area contributed by atoms with Crippen LogP contribution >= 0.6 is 0 Å². The van der Waals surface area contributed by atoms with E-state index in [-0.39, 0.29) is 23.5 Å². The van der Waals surface area contributed by atoms with Crippen LogP contribution < -0.4 is 5.32 Å². The molecule has 20 heavy (non-hydrogen) atoms. The van der Waals surface area contributed by atoms with Crippen molar-refractivity contribution in [1.82, 2.24) is 5.32 Å².